The molecule has 2 N–H and O–H groups in total. The third-order valence-electron chi connectivity index (χ3n) is 5.70. The van der Waals surface area contributed by atoms with Crippen LogP contribution in [0.5, 0.6) is 0 Å². The number of carboxylic acids is 1. The number of nitrogens with zero attached hydrogens (tertiary/aromatic N) is 1. The van der Waals surface area contributed by atoms with Crippen LogP contribution in [0.15, 0.2) is 59.7 Å². The van der Waals surface area contributed by atoms with Crippen molar-refractivity contribution in [2.45, 2.75) is 32.1 Å². The SMILES string of the molecule is O=C(O)CCCCCCN1C(=O)C2=C(c3ccc(Cl)cc3)NC(=O)C2=C1c1ccc(Cl)cc1. The van der Waals surface area contributed by atoms with Crippen molar-refractivity contribution < 1.29 is 19.5 Å². The van der Waals surface area contributed by atoms with Crippen LogP contribution in [-0.4, -0.2) is 34.3 Å². The molecule has 2 aliphatic rings. The van der Waals surface area contributed by atoms with Crippen LogP contribution < -0.4 is 5.32 Å². The molecule has 2 aliphatic heterocycles. The van der Waals surface area contributed by atoms with Gasteiger partial charge in [-0.3, -0.25) is 14.4 Å². The standard InChI is InChI=1S/C25H22Cl2N2O4/c26-17-10-6-15(7-11-17)22-20-21(24(32)28-22)23(16-8-12-18(27)13-9-16)29(25(20)33)14-4-2-1-3-5-19(30)31/h6-13H,1-5,14H2,(H,28,32)(H,30,31). The average Bonchev–Trinajstić information content (AvgIpc) is 3.27. The van der Waals surface area contributed by atoms with Crippen LogP contribution >= 0.6 is 23.2 Å². The highest BCUT2D eigenvalue weighted by atomic mass is 35.5. The summed E-state index contributed by atoms with van der Waals surface area (Å²) in [5, 5.41) is 12.8. The number of unbranched alkanes of at least 4 members (excludes halogenated alkanes) is 3. The number of benzene rings is 2. The molecule has 0 radical (unpaired) electrons. The Morgan fingerprint density at radius 3 is 2.00 bits per heavy atom. The van der Waals surface area contributed by atoms with Crippen LogP contribution in [0.1, 0.15) is 43.2 Å². The maximum Gasteiger partial charge on any atom is 0.303 e. The molecule has 2 aromatic rings. The maximum absolute atomic E-state index is 13.5. The summed E-state index contributed by atoms with van der Waals surface area (Å²) in [4.78, 5) is 38.9. The van der Waals surface area contributed by atoms with Crippen molar-refractivity contribution in [3.8, 4) is 0 Å². The number of carbonyl (C=O) groups excluding carboxylic acids is 2. The molecule has 170 valence electrons. The highest BCUT2D eigenvalue weighted by Crippen LogP contribution is 2.42. The molecule has 0 aliphatic carbocycles. The van der Waals surface area contributed by atoms with E-state index in [2.05, 4.69) is 5.32 Å². The monoisotopic (exact) mass is 484 g/mol. The highest BCUT2D eigenvalue weighted by Gasteiger charge is 2.45. The second-order valence-electron chi connectivity index (χ2n) is 7.96. The van der Waals surface area contributed by atoms with Gasteiger partial charge < -0.3 is 15.3 Å². The predicted molar refractivity (Wildman–Crippen MR) is 127 cm³/mol. The lowest BCUT2D eigenvalue weighted by atomic mass is 10.0. The fourth-order valence-corrected chi connectivity index (χ4v) is 4.39. The van der Waals surface area contributed by atoms with Gasteiger partial charge in [-0.25, -0.2) is 0 Å². The first kappa shape index (κ1) is 23.1. The van der Waals surface area contributed by atoms with Crippen molar-refractivity contribution in [3.63, 3.8) is 0 Å². The average molecular weight is 485 g/mol. The molecule has 4 rings (SSSR count). The lowest BCUT2D eigenvalue weighted by molar-refractivity contribution is -0.137. The second-order valence-corrected chi connectivity index (χ2v) is 8.83. The zero-order valence-corrected chi connectivity index (χ0v) is 19.2. The van der Waals surface area contributed by atoms with E-state index < -0.39 is 5.97 Å². The first-order valence-corrected chi connectivity index (χ1v) is 11.5. The summed E-state index contributed by atoms with van der Waals surface area (Å²) >= 11 is 12.1. The van der Waals surface area contributed by atoms with Crippen molar-refractivity contribution in [1.82, 2.24) is 10.2 Å². The van der Waals surface area contributed by atoms with Gasteiger partial charge in [-0.2, -0.15) is 0 Å². The topological polar surface area (TPSA) is 86.7 Å². The van der Waals surface area contributed by atoms with E-state index in [4.69, 9.17) is 28.3 Å². The summed E-state index contributed by atoms with van der Waals surface area (Å²) in [5.74, 6) is -1.36. The molecule has 2 aromatic carbocycles. The summed E-state index contributed by atoms with van der Waals surface area (Å²) in [6.07, 6.45) is 2.99. The molecule has 0 spiro atoms. The van der Waals surface area contributed by atoms with Gasteiger partial charge in [0.2, 0.25) is 0 Å². The molecule has 0 aromatic heterocycles. The molecule has 2 amide bonds. The Bertz CT molecular complexity index is 1170. The number of carboxylic acid groups (broad SMARTS) is 1. The zero-order chi connectivity index (χ0) is 23.5. The maximum atomic E-state index is 13.5. The Morgan fingerprint density at radius 1 is 0.818 bits per heavy atom. The second kappa shape index (κ2) is 9.81. The molecule has 0 fully saturated rings. The number of nitrogens with one attached hydrogen (secondary N) is 1. The number of hydrogen-bond donors (Lipinski definition) is 2. The fraction of sp³-hybridized carbons (Fsp3) is 0.240. The van der Waals surface area contributed by atoms with E-state index in [9.17, 15) is 14.4 Å². The van der Waals surface area contributed by atoms with Crippen LogP contribution in [0.3, 0.4) is 0 Å². The molecule has 2 heterocycles. The van der Waals surface area contributed by atoms with E-state index >= 15 is 0 Å². The zero-order valence-electron chi connectivity index (χ0n) is 17.7. The molecular formula is C25H22Cl2N2O4. The van der Waals surface area contributed by atoms with Gasteiger partial charge in [0.25, 0.3) is 11.8 Å². The summed E-state index contributed by atoms with van der Waals surface area (Å²) in [6, 6.07) is 14.0. The van der Waals surface area contributed by atoms with E-state index in [0.29, 0.717) is 57.5 Å². The number of aliphatic carboxylic acids is 1. The van der Waals surface area contributed by atoms with Crippen molar-refractivity contribution in [1.29, 1.82) is 0 Å². The Hall–Kier alpha value is -3.09. The number of fused-ring (bicyclic) bond motifs is 1. The number of amides is 2. The fourth-order valence-electron chi connectivity index (χ4n) is 4.14. The summed E-state index contributed by atoms with van der Waals surface area (Å²) < 4.78 is 0. The van der Waals surface area contributed by atoms with Crippen LogP contribution in [0, 0.1) is 0 Å². The molecular weight excluding hydrogens is 463 g/mol. The van der Waals surface area contributed by atoms with Crippen LogP contribution in [0.25, 0.3) is 11.4 Å². The quantitative estimate of drug-likeness (QED) is 0.483. The Morgan fingerprint density at radius 2 is 1.39 bits per heavy atom. The molecule has 33 heavy (non-hydrogen) atoms. The lowest BCUT2D eigenvalue weighted by Crippen LogP contribution is -2.28. The third-order valence-corrected chi connectivity index (χ3v) is 6.21. The largest absolute Gasteiger partial charge is 0.481 e. The summed E-state index contributed by atoms with van der Waals surface area (Å²) in [6.45, 7) is 0.429. The van der Waals surface area contributed by atoms with E-state index in [1.807, 2.05) is 0 Å². The number of hydrogen-bond acceptors (Lipinski definition) is 3. The van der Waals surface area contributed by atoms with E-state index in [-0.39, 0.29) is 18.2 Å². The predicted octanol–water partition coefficient (Wildman–Crippen LogP) is 5.12. The van der Waals surface area contributed by atoms with Gasteiger partial charge in [-0.1, -0.05) is 60.3 Å². The highest BCUT2D eigenvalue weighted by molar-refractivity contribution is 6.32. The third kappa shape index (κ3) is 4.82. The van der Waals surface area contributed by atoms with Gasteiger partial charge in [-0.05, 0) is 48.2 Å². The molecule has 6 nitrogen and oxygen atoms in total. The minimum absolute atomic E-state index is 0.139. The Balaban J connectivity index is 1.67. The van der Waals surface area contributed by atoms with Crippen LogP contribution in [0.2, 0.25) is 10.0 Å². The first-order chi connectivity index (χ1) is 15.9. The minimum Gasteiger partial charge on any atom is -0.481 e. The van der Waals surface area contributed by atoms with Gasteiger partial charge in [0.15, 0.2) is 0 Å². The van der Waals surface area contributed by atoms with Gasteiger partial charge in [0, 0.05) is 23.0 Å². The van der Waals surface area contributed by atoms with Gasteiger partial charge >= 0.3 is 5.97 Å². The molecule has 0 bridgehead atoms. The van der Waals surface area contributed by atoms with Crippen molar-refractivity contribution in [2.24, 2.45) is 0 Å². The Labute approximate surface area is 201 Å². The summed E-state index contributed by atoms with van der Waals surface area (Å²) in [7, 11) is 0. The van der Waals surface area contributed by atoms with E-state index in [1.165, 1.54) is 0 Å². The minimum atomic E-state index is -0.806. The van der Waals surface area contributed by atoms with E-state index in [0.717, 1.165) is 18.4 Å². The molecule has 8 heteroatoms. The molecule has 0 saturated heterocycles. The first-order valence-electron chi connectivity index (χ1n) is 10.7. The van der Waals surface area contributed by atoms with Crippen LogP contribution in [-0.2, 0) is 14.4 Å². The van der Waals surface area contributed by atoms with Crippen molar-refractivity contribution >= 4 is 52.4 Å². The van der Waals surface area contributed by atoms with Gasteiger partial charge in [0.05, 0.1) is 22.5 Å². The smallest absolute Gasteiger partial charge is 0.303 e. The molecule has 0 atom stereocenters. The normalized spacial score (nSPS) is 15.4. The molecule has 0 unspecified atom stereocenters. The number of halogens is 2. The van der Waals surface area contributed by atoms with Gasteiger partial charge in [-0.15, -0.1) is 0 Å². The molecule has 0 saturated carbocycles. The van der Waals surface area contributed by atoms with Crippen LogP contribution in [0.4, 0.5) is 0 Å². The van der Waals surface area contributed by atoms with E-state index in [1.54, 1.807) is 53.4 Å². The van der Waals surface area contributed by atoms with Crippen molar-refractivity contribution in [3.05, 3.63) is 80.8 Å². The number of rotatable bonds is 9. The Kier molecular flexibility index (Phi) is 6.86. The lowest BCUT2D eigenvalue weighted by Gasteiger charge is -2.22. The van der Waals surface area contributed by atoms with Gasteiger partial charge in [0.1, 0.15) is 0 Å². The van der Waals surface area contributed by atoms with Crippen molar-refractivity contribution in [2.75, 3.05) is 6.54 Å². The summed E-state index contributed by atoms with van der Waals surface area (Å²) in [5.41, 5.74) is 3.20. The number of carbonyl (C=O) groups is 3.